The molecule has 0 bridgehead atoms. The van der Waals surface area contributed by atoms with Crippen molar-refractivity contribution in [1.29, 1.82) is 0 Å². The van der Waals surface area contributed by atoms with Crippen molar-refractivity contribution in [2.24, 2.45) is 5.92 Å². The molecule has 5 rings (SSSR count). The maximum absolute atomic E-state index is 14.2. The van der Waals surface area contributed by atoms with Crippen LogP contribution in [0.3, 0.4) is 0 Å². The van der Waals surface area contributed by atoms with E-state index in [2.05, 4.69) is 25.6 Å². The number of amides is 1. The van der Waals surface area contributed by atoms with Crippen LogP contribution in [0.25, 0.3) is 22.3 Å². The first-order chi connectivity index (χ1) is 15.8. The number of nitrogens with zero attached hydrogens (tertiary/aromatic N) is 4. The van der Waals surface area contributed by atoms with Crippen LogP contribution >= 0.6 is 0 Å². The number of hydrogen-bond donors (Lipinski definition) is 2. The quantitative estimate of drug-likeness (QED) is 0.474. The van der Waals surface area contributed by atoms with Gasteiger partial charge < -0.3 is 10.1 Å². The standard InChI is InChI=1S/C24H25FN6O2/c1-14-12-33-20-7-5-4-6-16(20)21(14)23(32)29-18-11-27-30-22(18)17-8-19-15(9-26-17)10-28-31(19)13-24(2,3)25/h4-11,14,21H,12-13H2,1-3H3,(H,27,30)(H,29,32). The van der Waals surface area contributed by atoms with Crippen LogP contribution < -0.4 is 10.1 Å². The first-order valence-corrected chi connectivity index (χ1v) is 10.9. The van der Waals surface area contributed by atoms with Gasteiger partial charge in [-0.25, -0.2) is 4.39 Å². The highest BCUT2D eigenvalue weighted by Gasteiger charge is 2.34. The van der Waals surface area contributed by atoms with E-state index in [0.29, 0.717) is 23.7 Å². The number of nitrogens with one attached hydrogen (secondary N) is 2. The molecule has 4 heterocycles. The molecule has 0 fully saturated rings. The van der Waals surface area contributed by atoms with E-state index in [-0.39, 0.29) is 24.3 Å². The molecule has 2 unspecified atom stereocenters. The van der Waals surface area contributed by atoms with Crippen LogP contribution in [-0.2, 0) is 11.3 Å². The summed E-state index contributed by atoms with van der Waals surface area (Å²) in [7, 11) is 0. The Morgan fingerprint density at radius 1 is 1.30 bits per heavy atom. The molecule has 3 aromatic heterocycles. The van der Waals surface area contributed by atoms with Crippen LogP contribution in [0.5, 0.6) is 5.75 Å². The van der Waals surface area contributed by atoms with Crippen molar-refractivity contribution in [3.8, 4) is 17.1 Å². The van der Waals surface area contributed by atoms with Gasteiger partial charge in [0.15, 0.2) is 0 Å². The molecule has 2 atom stereocenters. The number of fused-ring (bicyclic) bond motifs is 2. The Labute approximate surface area is 190 Å². The third-order valence-electron chi connectivity index (χ3n) is 5.81. The van der Waals surface area contributed by atoms with Crippen LogP contribution in [0.1, 0.15) is 32.3 Å². The van der Waals surface area contributed by atoms with Crippen LogP contribution in [0.15, 0.2) is 48.9 Å². The molecule has 9 heteroatoms. The molecule has 8 nitrogen and oxygen atoms in total. The van der Waals surface area contributed by atoms with Crippen LogP contribution in [-0.4, -0.2) is 43.1 Å². The lowest BCUT2D eigenvalue weighted by Crippen LogP contribution is -2.33. The van der Waals surface area contributed by atoms with Gasteiger partial charge in [0.05, 0.1) is 48.4 Å². The van der Waals surface area contributed by atoms with Crippen molar-refractivity contribution in [2.75, 3.05) is 11.9 Å². The van der Waals surface area contributed by atoms with Crippen molar-refractivity contribution in [2.45, 2.75) is 38.9 Å². The molecular weight excluding hydrogens is 423 g/mol. The summed E-state index contributed by atoms with van der Waals surface area (Å²) in [6, 6.07) is 9.43. The average molecular weight is 449 g/mol. The van der Waals surface area contributed by atoms with E-state index in [4.69, 9.17) is 4.74 Å². The van der Waals surface area contributed by atoms with Crippen molar-refractivity contribution in [3.05, 3.63) is 54.5 Å². The lowest BCUT2D eigenvalue weighted by atomic mass is 9.84. The van der Waals surface area contributed by atoms with Gasteiger partial charge in [0.2, 0.25) is 5.91 Å². The smallest absolute Gasteiger partial charge is 0.232 e. The number of aromatic nitrogens is 5. The predicted octanol–water partition coefficient (Wildman–Crippen LogP) is 4.32. The Kier molecular flexibility index (Phi) is 5.11. The van der Waals surface area contributed by atoms with Crippen molar-refractivity contribution >= 4 is 22.5 Å². The maximum atomic E-state index is 14.2. The largest absolute Gasteiger partial charge is 0.493 e. The zero-order valence-corrected chi connectivity index (χ0v) is 18.7. The fraction of sp³-hybridized carbons (Fsp3) is 0.333. The summed E-state index contributed by atoms with van der Waals surface area (Å²) in [6.07, 6.45) is 4.91. The summed E-state index contributed by atoms with van der Waals surface area (Å²) < 4.78 is 21.6. The number of benzene rings is 1. The van der Waals surface area contributed by atoms with E-state index < -0.39 is 5.67 Å². The lowest BCUT2D eigenvalue weighted by Gasteiger charge is -2.30. The maximum Gasteiger partial charge on any atom is 0.232 e. The second kappa shape index (κ2) is 7.99. The van der Waals surface area contributed by atoms with E-state index >= 15 is 0 Å². The number of alkyl halides is 1. The third-order valence-corrected chi connectivity index (χ3v) is 5.81. The van der Waals surface area contributed by atoms with Gasteiger partial charge in [0.1, 0.15) is 17.1 Å². The first-order valence-electron chi connectivity index (χ1n) is 10.9. The van der Waals surface area contributed by atoms with E-state index in [1.54, 1.807) is 23.3 Å². The van der Waals surface area contributed by atoms with Gasteiger partial charge in [-0.1, -0.05) is 25.1 Å². The number of carbonyl (C=O) groups excluding carboxylic acids is 1. The molecular formula is C24H25FN6O2. The zero-order chi connectivity index (χ0) is 23.2. The molecule has 0 saturated carbocycles. The Hall–Kier alpha value is -3.75. The number of para-hydroxylation sites is 1. The minimum Gasteiger partial charge on any atom is -0.493 e. The van der Waals surface area contributed by atoms with Gasteiger partial charge in [-0.2, -0.15) is 10.2 Å². The molecule has 4 aromatic rings. The van der Waals surface area contributed by atoms with Gasteiger partial charge in [-0.15, -0.1) is 0 Å². The molecule has 0 radical (unpaired) electrons. The molecule has 1 aliphatic heterocycles. The molecule has 2 N–H and O–H groups in total. The second-order valence-corrected chi connectivity index (χ2v) is 9.10. The van der Waals surface area contributed by atoms with Crippen LogP contribution in [0, 0.1) is 5.92 Å². The monoisotopic (exact) mass is 448 g/mol. The number of carbonyl (C=O) groups is 1. The Bertz CT molecular complexity index is 1320. The summed E-state index contributed by atoms with van der Waals surface area (Å²) in [6.45, 7) is 5.62. The third kappa shape index (κ3) is 4.06. The SMILES string of the molecule is CC1COc2ccccc2C1C(=O)Nc1cn[nH]c1-c1cc2c(cn1)cnn2CC(C)(C)F. The minimum atomic E-state index is -1.41. The fourth-order valence-corrected chi connectivity index (χ4v) is 4.27. The lowest BCUT2D eigenvalue weighted by molar-refractivity contribution is -0.119. The highest BCUT2D eigenvalue weighted by molar-refractivity contribution is 5.99. The molecule has 1 aromatic carbocycles. The zero-order valence-electron chi connectivity index (χ0n) is 18.7. The molecule has 0 spiro atoms. The van der Waals surface area contributed by atoms with E-state index in [1.807, 2.05) is 37.3 Å². The first kappa shape index (κ1) is 21.1. The second-order valence-electron chi connectivity index (χ2n) is 9.10. The Morgan fingerprint density at radius 3 is 2.94 bits per heavy atom. The van der Waals surface area contributed by atoms with Crippen LogP contribution in [0.2, 0.25) is 0 Å². The number of anilines is 1. The highest BCUT2D eigenvalue weighted by Crippen LogP contribution is 2.38. The summed E-state index contributed by atoms with van der Waals surface area (Å²) >= 11 is 0. The number of pyridine rings is 1. The number of H-pyrrole nitrogens is 1. The van der Waals surface area contributed by atoms with Crippen molar-refractivity contribution in [1.82, 2.24) is 25.0 Å². The summed E-state index contributed by atoms with van der Waals surface area (Å²) in [5.74, 6) is 0.273. The Morgan fingerprint density at radius 2 is 2.12 bits per heavy atom. The van der Waals surface area contributed by atoms with E-state index in [9.17, 15) is 9.18 Å². The molecule has 0 aliphatic carbocycles. The van der Waals surface area contributed by atoms with Gasteiger partial charge in [-0.05, 0) is 26.0 Å². The topological polar surface area (TPSA) is 97.7 Å². The van der Waals surface area contributed by atoms with Crippen molar-refractivity contribution < 1.29 is 13.9 Å². The van der Waals surface area contributed by atoms with E-state index in [0.717, 1.165) is 22.2 Å². The van der Waals surface area contributed by atoms with Crippen LogP contribution in [0.4, 0.5) is 10.1 Å². The highest BCUT2D eigenvalue weighted by atomic mass is 19.1. The molecule has 170 valence electrons. The number of rotatable bonds is 5. The number of hydrogen-bond acceptors (Lipinski definition) is 5. The summed E-state index contributed by atoms with van der Waals surface area (Å²) in [5, 5.41) is 15.2. The van der Waals surface area contributed by atoms with Gasteiger partial charge in [0.25, 0.3) is 0 Å². The predicted molar refractivity (Wildman–Crippen MR) is 123 cm³/mol. The summed E-state index contributed by atoms with van der Waals surface area (Å²) in [5.41, 5.74) is 1.90. The van der Waals surface area contributed by atoms with E-state index in [1.165, 1.54) is 13.8 Å². The fourth-order valence-electron chi connectivity index (χ4n) is 4.27. The number of ether oxygens (including phenoxy) is 1. The number of halogens is 1. The van der Waals surface area contributed by atoms with Gasteiger partial charge >= 0.3 is 0 Å². The van der Waals surface area contributed by atoms with Gasteiger partial charge in [0, 0.05) is 23.1 Å². The normalized spacial score (nSPS) is 18.1. The average Bonchev–Trinajstić information content (AvgIpc) is 3.39. The van der Waals surface area contributed by atoms with Gasteiger partial charge in [-0.3, -0.25) is 19.6 Å². The molecule has 0 saturated heterocycles. The summed E-state index contributed by atoms with van der Waals surface area (Å²) in [4.78, 5) is 17.8. The molecule has 33 heavy (non-hydrogen) atoms. The molecule has 1 amide bonds. The Balaban J connectivity index is 1.45. The minimum absolute atomic E-state index is 0.0168. The van der Waals surface area contributed by atoms with Crippen molar-refractivity contribution in [3.63, 3.8) is 0 Å². The number of aromatic amines is 1. The molecule has 1 aliphatic rings.